The number of nitrogens with one attached hydrogen (secondary N) is 1. The zero-order valence-electron chi connectivity index (χ0n) is 11.6. The predicted octanol–water partition coefficient (Wildman–Crippen LogP) is 1.11. The highest BCUT2D eigenvalue weighted by molar-refractivity contribution is 7.87. The van der Waals surface area contributed by atoms with Crippen LogP contribution in [0.25, 0.3) is 0 Å². The number of hydrogen-bond donors (Lipinski definition) is 2. The first kappa shape index (κ1) is 15.2. The van der Waals surface area contributed by atoms with Crippen LogP contribution in [0.15, 0.2) is 0 Å². The van der Waals surface area contributed by atoms with Crippen molar-refractivity contribution in [3.8, 4) is 0 Å². The van der Waals surface area contributed by atoms with Gasteiger partial charge in [-0.15, -0.1) is 0 Å². The lowest BCUT2D eigenvalue weighted by molar-refractivity contribution is 0.164. The second kappa shape index (κ2) is 7.02. The molecule has 0 aromatic carbocycles. The van der Waals surface area contributed by atoms with Crippen molar-refractivity contribution in [2.45, 2.75) is 44.9 Å². The van der Waals surface area contributed by atoms with E-state index < -0.39 is 10.2 Å². The average Bonchev–Trinajstić information content (AvgIpc) is 2.46. The summed E-state index contributed by atoms with van der Waals surface area (Å²) in [4.78, 5) is 0. The molecule has 1 aliphatic heterocycles. The summed E-state index contributed by atoms with van der Waals surface area (Å²) in [7, 11) is -3.35. The van der Waals surface area contributed by atoms with Crippen molar-refractivity contribution < 1.29 is 13.5 Å². The van der Waals surface area contributed by atoms with Gasteiger partial charge in [0.25, 0.3) is 10.2 Å². The monoisotopic (exact) mass is 290 g/mol. The summed E-state index contributed by atoms with van der Waals surface area (Å²) in [6.45, 7) is 1.68. The Bertz CT molecular complexity index is 366. The molecule has 1 unspecified atom stereocenters. The summed E-state index contributed by atoms with van der Waals surface area (Å²) in [5.41, 5.74) is 0. The van der Waals surface area contributed by atoms with Crippen molar-refractivity contribution in [3.05, 3.63) is 0 Å². The SMILES string of the molecule is O=S(=O)(NCC1CCCCC1)N1CCCC(CO)C1. The molecule has 1 atom stereocenters. The largest absolute Gasteiger partial charge is 0.396 e. The van der Waals surface area contributed by atoms with Gasteiger partial charge >= 0.3 is 0 Å². The third kappa shape index (κ3) is 4.41. The Labute approximate surface area is 116 Å². The normalized spacial score (nSPS) is 27.5. The molecule has 0 bridgehead atoms. The number of aliphatic hydroxyl groups is 1. The van der Waals surface area contributed by atoms with Crippen molar-refractivity contribution >= 4 is 10.2 Å². The van der Waals surface area contributed by atoms with Gasteiger partial charge in [0.05, 0.1) is 0 Å². The Balaban J connectivity index is 1.83. The first-order chi connectivity index (χ1) is 9.12. The Hall–Kier alpha value is -0.170. The Kier molecular flexibility index (Phi) is 5.62. The van der Waals surface area contributed by atoms with Gasteiger partial charge in [0, 0.05) is 26.2 Å². The van der Waals surface area contributed by atoms with Crippen molar-refractivity contribution in [1.82, 2.24) is 9.03 Å². The Morgan fingerprint density at radius 1 is 1.05 bits per heavy atom. The second-order valence-corrected chi connectivity index (χ2v) is 7.66. The smallest absolute Gasteiger partial charge is 0.279 e. The molecule has 0 amide bonds. The van der Waals surface area contributed by atoms with E-state index in [9.17, 15) is 8.42 Å². The minimum Gasteiger partial charge on any atom is -0.396 e. The maximum atomic E-state index is 12.2. The first-order valence-corrected chi connectivity index (χ1v) is 8.91. The summed E-state index contributed by atoms with van der Waals surface area (Å²) >= 11 is 0. The molecule has 1 aliphatic carbocycles. The Morgan fingerprint density at radius 3 is 2.42 bits per heavy atom. The van der Waals surface area contributed by atoms with Crippen LogP contribution in [0.5, 0.6) is 0 Å². The van der Waals surface area contributed by atoms with Crippen LogP contribution in [0.3, 0.4) is 0 Å². The number of piperidine rings is 1. The zero-order valence-corrected chi connectivity index (χ0v) is 12.4. The van der Waals surface area contributed by atoms with E-state index in [1.54, 1.807) is 0 Å². The predicted molar refractivity (Wildman–Crippen MR) is 74.9 cm³/mol. The Morgan fingerprint density at radius 2 is 1.74 bits per heavy atom. The van der Waals surface area contributed by atoms with E-state index in [4.69, 9.17) is 5.11 Å². The zero-order chi connectivity index (χ0) is 13.7. The van der Waals surface area contributed by atoms with E-state index in [0.717, 1.165) is 25.7 Å². The van der Waals surface area contributed by atoms with Crippen molar-refractivity contribution in [1.29, 1.82) is 0 Å². The van der Waals surface area contributed by atoms with Gasteiger partial charge in [-0.3, -0.25) is 0 Å². The topological polar surface area (TPSA) is 69.6 Å². The maximum Gasteiger partial charge on any atom is 0.279 e. The molecule has 0 aromatic rings. The highest BCUT2D eigenvalue weighted by Gasteiger charge is 2.29. The van der Waals surface area contributed by atoms with Crippen LogP contribution in [0.2, 0.25) is 0 Å². The van der Waals surface area contributed by atoms with Crippen LogP contribution in [0.1, 0.15) is 44.9 Å². The van der Waals surface area contributed by atoms with E-state index in [-0.39, 0.29) is 12.5 Å². The maximum absolute atomic E-state index is 12.2. The molecule has 2 N–H and O–H groups in total. The average molecular weight is 290 g/mol. The van der Waals surface area contributed by atoms with Gasteiger partial charge in [-0.05, 0) is 37.5 Å². The molecule has 112 valence electrons. The number of nitrogens with zero attached hydrogens (tertiary/aromatic N) is 1. The van der Waals surface area contributed by atoms with Gasteiger partial charge in [-0.1, -0.05) is 19.3 Å². The van der Waals surface area contributed by atoms with Gasteiger partial charge < -0.3 is 5.11 Å². The molecule has 0 spiro atoms. The van der Waals surface area contributed by atoms with Crippen LogP contribution < -0.4 is 4.72 Å². The van der Waals surface area contributed by atoms with Gasteiger partial charge in [0.1, 0.15) is 0 Å². The molecular formula is C13H26N2O3S. The molecule has 0 radical (unpaired) electrons. The van der Waals surface area contributed by atoms with E-state index in [2.05, 4.69) is 4.72 Å². The molecule has 19 heavy (non-hydrogen) atoms. The summed E-state index contributed by atoms with van der Waals surface area (Å²) in [6.07, 6.45) is 7.78. The number of rotatable bonds is 5. The minimum absolute atomic E-state index is 0.0780. The number of hydrogen-bond acceptors (Lipinski definition) is 3. The highest BCUT2D eigenvalue weighted by atomic mass is 32.2. The van der Waals surface area contributed by atoms with Crippen LogP contribution in [-0.2, 0) is 10.2 Å². The third-order valence-corrected chi connectivity index (χ3v) is 5.90. The molecule has 1 saturated heterocycles. The van der Waals surface area contributed by atoms with E-state index in [1.165, 1.54) is 23.6 Å². The third-order valence-electron chi connectivity index (χ3n) is 4.36. The van der Waals surface area contributed by atoms with E-state index >= 15 is 0 Å². The lowest BCUT2D eigenvalue weighted by atomic mass is 9.90. The first-order valence-electron chi connectivity index (χ1n) is 7.47. The minimum atomic E-state index is -3.35. The van der Waals surface area contributed by atoms with Crippen molar-refractivity contribution in [2.24, 2.45) is 11.8 Å². The molecule has 1 heterocycles. The molecular weight excluding hydrogens is 264 g/mol. The summed E-state index contributed by atoms with van der Waals surface area (Å²) in [5, 5.41) is 9.17. The molecule has 5 nitrogen and oxygen atoms in total. The second-order valence-electron chi connectivity index (χ2n) is 5.91. The summed E-state index contributed by atoms with van der Waals surface area (Å²) in [6, 6.07) is 0. The van der Waals surface area contributed by atoms with Crippen LogP contribution >= 0.6 is 0 Å². The lowest BCUT2D eigenvalue weighted by Gasteiger charge is -2.31. The molecule has 6 heteroatoms. The summed E-state index contributed by atoms with van der Waals surface area (Å²) < 4.78 is 28.7. The standard InChI is InChI=1S/C13H26N2O3S/c16-11-13-7-4-8-15(10-13)19(17,18)14-9-12-5-2-1-3-6-12/h12-14,16H,1-11H2. The van der Waals surface area contributed by atoms with E-state index in [0.29, 0.717) is 25.6 Å². The molecule has 2 fully saturated rings. The van der Waals surface area contributed by atoms with Gasteiger partial charge in [0.15, 0.2) is 0 Å². The lowest BCUT2D eigenvalue weighted by Crippen LogP contribution is -2.47. The fourth-order valence-corrected chi connectivity index (χ4v) is 4.51. The molecule has 0 aromatic heterocycles. The fourth-order valence-electron chi connectivity index (χ4n) is 3.10. The van der Waals surface area contributed by atoms with Crippen molar-refractivity contribution in [3.63, 3.8) is 0 Å². The number of aliphatic hydroxyl groups excluding tert-OH is 1. The molecule has 1 saturated carbocycles. The molecule has 2 rings (SSSR count). The van der Waals surface area contributed by atoms with Crippen LogP contribution in [0.4, 0.5) is 0 Å². The van der Waals surface area contributed by atoms with Crippen LogP contribution in [0, 0.1) is 11.8 Å². The van der Waals surface area contributed by atoms with Crippen LogP contribution in [-0.4, -0.2) is 44.1 Å². The van der Waals surface area contributed by atoms with Gasteiger partial charge in [-0.2, -0.15) is 12.7 Å². The quantitative estimate of drug-likeness (QED) is 0.797. The van der Waals surface area contributed by atoms with Crippen molar-refractivity contribution in [2.75, 3.05) is 26.2 Å². The van der Waals surface area contributed by atoms with Gasteiger partial charge in [-0.25, -0.2) is 4.72 Å². The van der Waals surface area contributed by atoms with E-state index in [1.807, 2.05) is 0 Å². The molecule has 2 aliphatic rings. The fraction of sp³-hybridized carbons (Fsp3) is 1.00. The summed E-state index contributed by atoms with van der Waals surface area (Å²) in [5.74, 6) is 0.599. The van der Waals surface area contributed by atoms with Gasteiger partial charge in [0.2, 0.25) is 0 Å². The highest BCUT2D eigenvalue weighted by Crippen LogP contribution is 2.23.